The van der Waals surface area contributed by atoms with Gasteiger partial charge in [-0.05, 0) is 31.2 Å². The van der Waals surface area contributed by atoms with Crippen molar-refractivity contribution in [2.24, 2.45) is 0 Å². The molecule has 0 aromatic heterocycles. The molecule has 28 heavy (non-hydrogen) atoms. The van der Waals surface area contributed by atoms with Crippen molar-refractivity contribution < 1.29 is 13.3 Å². The zero-order valence-corrected chi connectivity index (χ0v) is 16.6. The molecule has 1 aliphatic rings. The summed E-state index contributed by atoms with van der Waals surface area (Å²) >= 11 is 0. The summed E-state index contributed by atoms with van der Waals surface area (Å²) in [7, 11) is -2.44. The van der Waals surface area contributed by atoms with Gasteiger partial charge in [-0.1, -0.05) is 30.3 Å². The lowest BCUT2D eigenvalue weighted by Crippen LogP contribution is -2.47. The standard InChI is InChI=1S/C19H24N4O4S/c1-20-28(26,27)17-7-8-18(19(15-17)23(24)25)22-13-11-21(12-14-22)10-9-16-5-3-2-4-6-16/h2-8,15,20H,9-14H2,1H3. The van der Waals surface area contributed by atoms with Crippen LogP contribution in [0.25, 0.3) is 0 Å². The number of anilines is 1. The Balaban J connectivity index is 1.67. The van der Waals surface area contributed by atoms with E-state index < -0.39 is 14.9 Å². The Morgan fingerprint density at radius 2 is 1.75 bits per heavy atom. The number of hydrogen-bond donors (Lipinski definition) is 1. The molecule has 2 aromatic carbocycles. The molecule has 1 heterocycles. The number of hydrogen-bond acceptors (Lipinski definition) is 6. The first-order valence-electron chi connectivity index (χ1n) is 9.14. The van der Waals surface area contributed by atoms with E-state index in [0.29, 0.717) is 18.8 Å². The van der Waals surface area contributed by atoms with Crippen LogP contribution in [0.1, 0.15) is 5.56 Å². The van der Waals surface area contributed by atoms with Crippen LogP contribution in [-0.4, -0.2) is 58.0 Å². The third kappa shape index (κ3) is 4.67. The summed E-state index contributed by atoms with van der Waals surface area (Å²) in [6.45, 7) is 3.88. The first kappa shape index (κ1) is 20.2. The summed E-state index contributed by atoms with van der Waals surface area (Å²) in [5.74, 6) is 0. The monoisotopic (exact) mass is 404 g/mol. The highest BCUT2D eigenvalue weighted by atomic mass is 32.2. The molecule has 1 N–H and O–H groups in total. The quantitative estimate of drug-likeness (QED) is 0.559. The minimum atomic E-state index is -3.73. The molecule has 1 fully saturated rings. The Kier molecular flexibility index (Phi) is 6.28. The number of nitro benzene ring substituents is 1. The molecule has 0 amide bonds. The summed E-state index contributed by atoms with van der Waals surface area (Å²) < 4.78 is 26.1. The lowest BCUT2D eigenvalue weighted by molar-refractivity contribution is -0.384. The van der Waals surface area contributed by atoms with Crippen LogP contribution in [0.5, 0.6) is 0 Å². The maximum Gasteiger partial charge on any atom is 0.293 e. The number of nitrogens with one attached hydrogen (secondary N) is 1. The number of nitro groups is 1. The molecular weight excluding hydrogens is 380 g/mol. The van der Waals surface area contributed by atoms with Crippen molar-refractivity contribution in [3.05, 3.63) is 64.2 Å². The highest BCUT2D eigenvalue weighted by Crippen LogP contribution is 2.31. The minimum Gasteiger partial charge on any atom is -0.363 e. The molecule has 1 saturated heterocycles. The van der Waals surface area contributed by atoms with Crippen LogP contribution in [-0.2, 0) is 16.4 Å². The van der Waals surface area contributed by atoms with Crippen molar-refractivity contribution in [2.75, 3.05) is 44.7 Å². The first-order valence-corrected chi connectivity index (χ1v) is 10.6. The Hall–Kier alpha value is -2.49. The van der Waals surface area contributed by atoms with Crippen LogP contribution in [0.15, 0.2) is 53.4 Å². The average Bonchev–Trinajstić information content (AvgIpc) is 2.73. The van der Waals surface area contributed by atoms with Gasteiger partial charge in [0, 0.05) is 38.8 Å². The summed E-state index contributed by atoms with van der Waals surface area (Å²) in [6, 6.07) is 14.4. The molecule has 0 atom stereocenters. The third-order valence-electron chi connectivity index (χ3n) is 5.00. The number of rotatable bonds is 7. The topological polar surface area (TPSA) is 95.8 Å². The smallest absolute Gasteiger partial charge is 0.293 e. The summed E-state index contributed by atoms with van der Waals surface area (Å²) in [5, 5.41) is 11.5. The van der Waals surface area contributed by atoms with Gasteiger partial charge in [0.05, 0.1) is 9.82 Å². The van der Waals surface area contributed by atoms with Gasteiger partial charge in [-0.3, -0.25) is 15.0 Å². The van der Waals surface area contributed by atoms with E-state index >= 15 is 0 Å². The van der Waals surface area contributed by atoms with Gasteiger partial charge in [0.15, 0.2) is 0 Å². The van der Waals surface area contributed by atoms with E-state index in [1.54, 1.807) is 0 Å². The van der Waals surface area contributed by atoms with Crippen LogP contribution >= 0.6 is 0 Å². The van der Waals surface area contributed by atoms with Crippen LogP contribution < -0.4 is 9.62 Å². The lowest BCUT2D eigenvalue weighted by Gasteiger charge is -2.35. The molecule has 0 bridgehead atoms. The predicted octanol–water partition coefficient (Wildman–Crippen LogP) is 1.87. The molecule has 0 saturated carbocycles. The van der Waals surface area contributed by atoms with Gasteiger partial charge in [0.1, 0.15) is 5.69 Å². The Labute approximate surface area is 165 Å². The molecule has 2 aromatic rings. The fourth-order valence-corrected chi connectivity index (χ4v) is 4.10. The summed E-state index contributed by atoms with van der Waals surface area (Å²) in [5.41, 5.74) is 1.57. The zero-order chi connectivity index (χ0) is 20.1. The van der Waals surface area contributed by atoms with E-state index in [0.717, 1.165) is 32.1 Å². The highest BCUT2D eigenvalue weighted by molar-refractivity contribution is 7.89. The van der Waals surface area contributed by atoms with Crippen LogP contribution in [0.2, 0.25) is 0 Å². The predicted molar refractivity (Wildman–Crippen MR) is 108 cm³/mol. The van der Waals surface area contributed by atoms with Crippen molar-refractivity contribution in [3.8, 4) is 0 Å². The van der Waals surface area contributed by atoms with Crippen LogP contribution in [0.3, 0.4) is 0 Å². The summed E-state index contributed by atoms with van der Waals surface area (Å²) in [6.07, 6.45) is 0.970. The first-order chi connectivity index (χ1) is 13.4. The Bertz CT molecular complexity index is 926. The van der Waals surface area contributed by atoms with E-state index in [-0.39, 0.29) is 10.6 Å². The SMILES string of the molecule is CNS(=O)(=O)c1ccc(N2CCN(CCc3ccccc3)CC2)c([N+](=O)[O-])c1. The van der Waals surface area contributed by atoms with E-state index in [2.05, 4.69) is 21.8 Å². The number of benzene rings is 2. The number of sulfonamides is 1. The van der Waals surface area contributed by atoms with Crippen molar-refractivity contribution in [1.82, 2.24) is 9.62 Å². The molecule has 3 rings (SSSR count). The second kappa shape index (κ2) is 8.68. The van der Waals surface area contributed by atoms with E-state index in [1.165, 1.54) is 24.7 Å². The van der Waals surface area contributed by atoms with Crippen molar-refractivity contribution in [1.29, 1.82) is 0 Å². The molecule has 1 aliphatic heterocycles. The summed E-state index contributed by atoms with van der Waals surface area (Å²) in [4.78, 5) is 15.2. The van der Waals surface area contributed by atoms with Crippen molar-refractivity contribution in [2.45, 2.75) is 11.3 Å². The molecule has 0 radical (unpaired) electrons. The van der Waals surface area contributed by atoms with E-state index in [9.17, 15) is 18.5 Å². The minimum absolute atomic E-state index is 0.105. The molecule has 0 spiro atoms. The van der Waals surface area contributed by atoms with Gasteiger partial charge in [-0.15, -0.1) is 0 Å². The van der Waals surface area contributed by atoms with Crippen LogP contribution in [0, 0.1) is 10.1 Å². The lowest BCUT2D eigenvalue weighted by atomic mass is 10.1. The van der Waals surface area contributed by atoms with Gasteiger partial charge in [-0.25, -0.2) is 13.1 Å². The maximum absolute atomic E-state index is 11.9. The van der Waals surface area contributed by atoms with E-state index in [1.807, 2.05) is 23.1 Å². The number of piperazine rings is 1. The largest absolute Gasteiger partial charge is 0.363 e. The van der Waals surface area contributed by atoms with Gasteiger partial charge >= 0.3 is 0 Å². The normalized spacial score (nSPS) is 15.5. The van der Waals surface area contributed by atoms with Crippen molar-refractivity contribution in [3.63, 3.8) is 0 Å². The van der Waals surface area contributed by atoms with Gasteiger partial charge in [-0.2, -0.15) is 0 Å². The van der Waals surface area contributed by atoms with Crippen LogP contribution in [0.4, 0.5) is 11.4 Å². The average molecular weight is 404 g/mol. The fraction of sp³-hybridized carbons (Fsp3) is 0.368. The molecule has 0 aliphatic carbocycles. The maximum atomic E-state index is 11.9. The second-order valence-corrected chi connectivity index (χ2v) is 8.57. The molecule has 9 heteroatoms. The third-order valence-corrected chi connectivity index (χ3v) is 6.41. The van der Waals surface area contributed by atoms with E-state index in [4.69, 9.17) is 0 Å². The fourth-order valence-electron chi connectivity index (χ4n) is 3.35. The van der Waals surface area contributed by atoms with Crippen molar-refractivity contribution >= 4 is 21.4 Å². The molecular formula is C19H24N4O4S. The highest BCUT2D eigenvalue weighted by Gasteiger charge is 2.26. The van der Waals surface area contributed by atoms with Gasteiger partial charge in [0.2, 0.25) is 10.0 Å². The number of nitrogens with zero attached hydrogens (tertiary/aromatic N) is 3. The molecule has 150 valence electrons. The molecule has 8 nitrogen and oxygen atoms in total. The van der Waals surface area contributed by atoms with Gasteiger partial charge in [0.25, 0.3) is 5.69 Å². The Morgan fingerprint density at radius 3 is 2.36 bits per heavy atom. The Morgan fingerprint density at radius 1 is 1.07 bits per heavy atom. The zero-order valence-electron chi connectivity index (χ0n) is 15.7. The molecule has 0 unspecified atom stereocenters. The second-order valence-electron chi connectivity index (χ2n) is 6.68. The van der Waals surface area contributed by atoms with Gasteiger partial charge < -0.3 is 4.90 Å².